The number of primary amides is 1. The lowest BCUT2D eigenvalue weighted by atomic mass is 9.95. The zero-order chi connectivity index (χ0) is 26.6. The van der Waals surface area contributed by atoms with E-state index in [2.05, 4.69) is 31.2 Å². The van der Waals surface area contributed by atoms with E-state index < -0.39 is 11.7 Å². The Morgan fingerprint density at radius 1 is 1.13 bits per heavy atom. The van der Waals surface area contributed by atoms with Crippen molar-refractivity contribution in [3.63, 3.8) is 0 Å². The van der Waals surface area contributed by atoms with Crippen LogP contribution in [-0.4, -0.2) is 54.1 Å². The second-order valence-corrected chi connectivity index (χ2v) is 8.64. The molecule has 10 heteroatoms. The van der Waals surface area contributed by atoms with E-state index in [0.717, 1.165) is 37.4 Å². The number of nitrogens with one attached hydrogen (secondary N) is 1. The van der Waals surface area contributed by atoms with Crippen molar-refractivity contribution in [3.8, 4) is 45.5 Å². The van der Waals surface area contributed by atoms with Crippen LogP contribution in [0.25, 0.3) is 33.6 Å². The standard InChI is InChI=1S/C28H24FN7O2/c1-38-24-4-2-3-22(29)25(24)28-34-16-21(26(35-28)27(31)37)19-6-5-17(20-15-33-8-7-18(20)14-30)13-23(19)36-11-9-32-10-12-36/h2-8,13,15-16,32H,9-12H2,1H3,(H2,31,37). The number of benzene rings is 2. The number of carbonyl (C=O) groups is 1. The Bertz CT molecular complexity index is 1560. The van der Waals surface area contributed by atoms with Crippen molar-refractivity contribution in [3.05, 3.63) is 78.1 Å². The molecule has 5 rings (SSSR count). The molecule has 190 valence electrons. The summed E-state index contributed by atoms with van der Waals surface area (Å²) in [4.78, 5) is 27.8. The molecule has 1 saturated heterocycles. The lowest BCUT2D eigenvalue weighted by Gasteiger charge is -2.32. The lowest BCUT2D eigenvalue weighted by Crippen LogP contribution is -2.43. The first-order valence-corrected chi connectivity index (χ1v) is 12.0. The van der Waals surface area contributed by atoms with Gasteiger partial charge in [-0.3, -0.25) is 9.78 Å². The third-order valence-corrected chi connectivity index (χ3v) is 6.44. The van der Waals surface area contributed by atoms with Crippen LogP contribution in [0.4, 0.5) is 10.1 Å². The van der Waals surface area contributed by atoms with Gasteiger partial charge in [0, 0.05) is 67.1 Å². The number of amides is 1. The third kappa shape index (κ3) is 4.63. The van der Waals surface area contributed by atoms with E-state index in [1.807, 2.05) is 18.2 Å². The second-order valence-electron chi connectivity index (χ2n) is 8.64. The smallest absolute Gasteiger partial charge is 0.268 e. The first-order valence-electron chi connectivity index (χ1n) is 12.0. The summed E-state index contributed by atoms with van der Waals surface area (Å²) in [6.45, 7) is 3.02. The van der Waals surface area contributed by atoms with Gasteiger partial charge in [0.15, 0.2) is 5.82 Å². The molecule has 3 heterocycles. The third-order valence-electron chi connectivity index (χ3n) is 6.44. The van der Waals surface area contributed by atoms with Gasteiger partial charge in [-0.05, 0) is 29.8 Å². The molecule has 0 spiro atoms. The number of piperazine rings is 1. The number of ether oxygens (including phenoxy) is 1. The summed E-state index contributed by atoms with van der Waals surface area (Å²) in [5.41, 5.74) is 9.73. The van der Waals surface area contributed by atoms with E-state index in [9.17, 15) is 14.4 Å². The molecule has 0 unspecified atom stereocenters. The summed E-state index contributed by atoms with van der Waals surface area (Å²) < 4.78 is 20.0. The molecule has 38 heavy (non-hydrogen) atoms. The number of nitrogens with zero attached hydrogens (tertiary/aromatic N) is 5. The Morgan fingerprint density at radius 3 is 2.68 bits per heavy atom. The molecular weight excluding hydrogens is 485 g/mol. The van der Waals surface area contributed by atoms with Crippen molar-refractivity contribution in [2.75, 3.05) is 38.2 Å². The maximum absolute atomic E-state index is 14.7. The highest BCUT2D eigenvalue weighted by Crippen LogP contribution is 2.38. The molecule has 4 aromatic rings. The van der Waals surface area contributed by atoms with Crippen LogP contribution in [0.15, 0.2) is 61.1 Å². The summed E-state index contributed by atoms with van der Waals surface area (Å²) in [6, 6.07) is 13.9. The van der Waals surface area contributed by atoms with Crippen LogP contribution in [0.2, 0.25) is 0 Å². The summed E-state index contributed by atoms with van der Waals surface area (Å²) in [5.74, 6) is -1.12. The zero-order valence-corrected chi connectivity index (χ0v) is 20.6. The zero-order valence-electron chi connectivity index (χ0n) is 20.6. The summed E-state index contributed by atoms with van der Waals surface area (Å²) >= 11 is 0. The van der Waals surface area contributed by atoms with E-state index in [-0.39, 0.29) is 22.8 Å². The molecule has 0 aliphatic carbocycles. The first-order chi connectivity index (χ1) is 18.5. The quantitative estimate of drug-likeness (QED) is 0.405. The number of rotatable bonds is 6. The van der Waals surface area contributed by atoms with Crippen LogP contribution in [0.1, 0.15) is 16.1 Å². The molecule has 1 aliphatic heterocycles. The summed E-state index contributed by atoms with van der Waals surface area (Å²) in [7, 11) is 1.42. The van der Waals surface area contributed by atoms with Crippen molar-refractivity contribution in [1.82, 2.24) is 20.3 Å². The van der Waals surface area contributed by atoms with Gasteiger partial charge in [0.25, 0.3) is 5.91 Å². The minimum Gasteiger partial charge on any atom is -0.496 e. The van der Waals surface area contributed by atoms with Crippen LogP contribution >= 0.6 is 0 Å². The minimum absolute atomic E-state index is 0.00753. The van der Waals surface area contributed by atoms with Gasteiger partial charge in [0.2, 0.25) is 0 Å². The highest BCUT2D eigenvalue weighted by Gasteiger charge is 2.24. The van der Waals surface area contributed by atoms with Gasteiger partial charge in [-0.1, -0.05) is 18.2 Å². The van der Waals surface area contributed by atoms with E-state index in [4.69, 9.17) is 10.5 Å². The summed E-state index contributed by atoms with van der Waals surface area (Å²) in [6.07, 6.45) is 4.72. The number of carbonyl (C=O) groups excluding carboxylic acids is 1. The number of anilines is 1. The van der Waals surface area contributed by atoms with Crippen molar-refractivity contribution < 1.29 is 13.9 Å². The van der Waals surface area contributed by atoms with Gasteiger partial charge in [-0.25, -0.2) is 14.4 Å². The monoisotopic (exact) mass is 509 g/mol. The van der Waals surface area contributed by atoms with E-state index >= 15 is 0 Å². The van der Waals surface area contributed by atoms with E-state index in [0.29, 0.717) is 22.3 Å². The molecule has 0 bridgehead atoms. The van der Waals surface area contributed by atoms with Gasteiger partial charge < -0.3 is 20.7 Å². The van der Waals surface area contributed by atoms with Crippen molar-refractivity contribution >= 4 is 11.6 Å². The number of hydrogen-bond donors (Lipinski definition) is 2. The lowest BCUT2D eigenvalue weighted by molar-refractivity contribution is 0.0996. The van der Waals surface area contributed by atoms with E-state index in [1.54, 1.807) is 24.5 Å². The number of aromatic nitrogens is 3. The largest absolute Gasteiger partial charge is 0.496 e. The van der Waals surface area contributed by atoms with Crippen molar-refractivity contribution in [2.24, 2.45) is 5.73 Å². The fourth-order valence-electron chi connectivity index (χ4n) is 4.59. The molecule has 9 nitrogen and oxygen atoms in total. The summed E-state index contributed by atoms with van der Waals surface area (Å²) in [5, 5.41) is 12.9. The Balaban J connectivity index is 1.69. The van der Waals surface area contributed by atoms with Crippen molar-refractivity contribution in [1.29, 1.82) is 5.26 Å². The van der Waals surface area contributed by atoms with Crippen LogP contribution in [-0.2, 0) is 0 Å². The van der Waals surface area contributed by atoms with Gasteiger partial charge in [-0.2, -0.15) is 5.26 Å². The molecule has 1 fully saturated rings. The normalized spacial score (nSPS) is 13.1. The number of hydrogen-bond acceptors (Lipinski definition) is 8. The predicted molar refractivity (Wildman–Crippen MR) is 141 cm³/mol. The molecule has 2 aromatic heterocycles. The van der Waals surface area contributed by atoms with Crippen LogP contribution in [0, 0.1) is 17.1 Å². The first kappa shape index (κ1) is 24.8. The SMILES string of the molecule is COc1cccc(F)c1-c1ncc(-c2ccc(-c3cnccc3C#N)cc2N2CCNCC2)c(C(N)=O)n1. The Kier molecular flexibility index (Phi) is 6.93. The molecule has 0 radical (unpaired) electrons. The fraction of sp³-hybridized carbons (Fsp3) is 0.179. The Morgan fingerprint density at radius 2 is 1.95 bits per heavy atom. The second kappa shape index (κ2) is 10.6. The molecule has 1 aliphatic rings. The van der Waals surface area contributed by atoms with Gasteiger partial charge in [0.1, 0.15) is 17.3 Å². The fourth-order valence-corrected chi connectivity index (χ4v) is 4.59. The van der Waals surface area contributed by atoms with Crippen LogP contribution < -0.4 is 20.7 Å². The number of nitriles is 1. The molecule has 1 amide bonds. The maximum atomic E-state index is 14.7. The predicted octanol–water partition coefficient (Wildman–Crippen LogP) is 3.40. The van der Waals surface area contributed by atoms with Crippen molar-refractivity contribution in [2.45, 2.75) is 0 Å². The Labute approximate surface area is 218 Å². The molecule has 3 N–H and O–H groups in total. The van der Waals surface area contributed by atoms with Gasteiger partial charge in [0.05, 0.1) is 24.3 Å². The average Bonchev–Trinajstić information content (AvgIpc) is 2.96. The highest BCUT2D eigenvalue weighted by atomic mass is 19.1. The topological polar surface area (TPSA) is 130 Å². The number of nitrogens with two attached hydrogens (primary N) is 1. The van der Waals surface area contributed by atoms with Crippen LogP contribution in [0.3, 0.4) is 0 Å². The molecular formula is C28H24FN7O2. The molecule has 0 saturated carbocycles. The number of halogens is 1. The molecule has 0 atom stereocenters. The minimum atomic E-state index is -0.770. The van der Waals surface area contributed by atoms with Crippen LogP contribution in [0.5, 0.6) is 5.75 Å². The van der Waals surface area contributed by atoms with E-state index in [1.165, 1.54) is 25.4 Å². The highest BCUT2D eigenvalue weighted by molar-refractivity contribution is 6.00. The number of pyridine rings is 1. The average molecular weight is 510 g/mol. The maximum Gasteiger partial charge on any atom is 0.268 e. The molecule has 2 aromatic carbocycles. The van der Waals surface area contributed by atoms with Gasteiger partial charge in [-0.15, -0.1) is 0 Å². The van der Waals surface area contributed by atoms with Gasteiger partial charge >= 0.3 is 0 Å². The number of methoxy groups -OCH3 is 1. The Hall–Kier alpha value is -4.88.